The Labute approximate surface area is 458 Å². The molecule has 0 aromatic heterocycles. The van der Waals surface area contributed by atoms with Gasteiger partial charge in [-0.1, -0.05) is 182 Å². The van der Waals surface area contributed by atoms with Gasteiger partial charge in [-0.3, -0.25) is 14.4 Å². The van der Waals surface area contributed by atoms with Gasteiger partial charge in [-0.15, -0.1) is 0 Å². The molecule has 2 heterocycles. The molecule has 14 heteroatoms. The van der Waals surface area contributed by atoms with Gasteiger partial charge in [0.15, 0.2) is 18.7 Å². The first kappa shape index (κ1) is 57.7. The van der Waals surface area contributed by atoms with Crippen LogP contribution >= 0.6 is 0 Å². The van der Waals surface area contributed by atoms with Gasteiger partial charge in [0, 0.05) is 20.0 Å². The monoisotopic (exact) mass is 1060 g/mol. The third-order valence-electron chi connectivity index (χ3n) is 13.4. The van der Waals surface area contributed by atoms with Crippen LogP contribution in [0.4, 0.5) is 0 Å². The number of ketones is 1. The second-order valence-corrected chi connectivity index (χ2v) is 20.5. The Morgan fingerprint density at radius 2 is 0.821 bits per heavy atom. The molecule has 0 N–H and O–H groups in total. The zero-order valence-electron chi connectivity index (χ0n) is 44.9. The zero-order chi connectivity index (χ0) is 54.5. The third-order valence-corrected chi connectivity index (χ3v) is 13.4. The molecule has 0 saturated carbocycles. The zero-order valence-corrected chi connectivity index (χ0v) is 44.9. The smallest absolute Gasteiger partial charge is 0.311 e. The highest BCUT2D eigenvalue weighted by atomic mass is 16.8. The van der Waals surface area contributed by atoms with Crippen LogP contribution < -0.4 is 0 Å². The van der Waals surface area contributed by atoms with E-state index in [1.54, 1.807) is 20.8 Å². The lowest BCUT2D eigenvalue weighted by molar-refractivity contribution is -0.377. The Bertz CT molecular complexity index is 2690. The minimum atomic E-state index is -1.46. The van der Waals surface area contributed by atoms with Crippen LogP contribution in [0.2, 0.25) is 0 Å². The fraction of sp³-hybridized carbons (Fsp3) is 0.391. The van der Waals surface area contributed by atoms with Crippen LogP contribution in [-0.4, -0.2) is 99.5 Å². The highest BCUT2D eigenvalue weighted by Crippen LogP contribution is 2.37. The van der Waals surface area contributed by atoms with E-state index in [0.29, 0.717) is 6.61 Å². The molecule has 78 heavy (non-hydrogen) atoms. The number of hydrogen-bond acceptors (Lipinski definition) is 14. The first-order chi connectivity index (χ1) is 38.0. The summed E-state index contributed by atoms with van der Waals surface area (Å²) in [5.41, 5.74) is 4.32. The number of methoxy groups -OCH3 is 1. The van der Waals surface area contributed by atoms with Crippen molar-refractivity contribution in [2.75, 3.05) is 20.3 Å². The third kappa shape index (κ3) is 17.3. The van der Waals surface area contributed by atoms with Crippen molar-refractivity contribution in [3.05, 3.63) is 215 Å². The molecule has 10 atom stereocenters. The molecule has 6 aromatic rings. The van der Waals surface area contributed by atoms with Crippen LogP contribution in [0.15, 0.2) is 182 Å². The average molecular weight is 1070 g/mol. The van der Waals surface area contributed by atoms with E-state index in [1.807, 2.05) is 182 Å². The van der Waals surface area contributed by atoms with Crippen molar-refractivity contribution in [1.82, 2.24) is 0 Å². The quantitative estimate of drug-likeness (QED) is 0.0450. The lowest BCUT2D eigenvalue weighted by atomic mass is 9.94. The Morgan fingerprint density at radius 3 is 1.26 bits per heavy atom. The fourth-order valence-electron chi connectivity index (χ4n) is 9.17. The predicted molar refractivity (Wildman–Crippen MR) is 290 cm³/mol. The van der Waals surface area contributed by atoms with Gasteiger partial charge in [-0.05, 0) is 54.2 Å². The minimum absolute atomic E-state index is 0.0250. The summed E-state index contributed by atoms with van der Waals surface area (Å²) in [5.74, 6) is -1.29. The first-order valence-electron chi connectivity index (χ1n) is 26.7. The standard InChI is InChI=1S/C64H72O14/c1-64(2,3)63(67)78-60-58(74-42-50-33-21-10-22-34-50)56(72-40-48-29-17-8-18-30-48)53(44-70-54(66)36-35-51(65)37-45-23-11-5-12-24-45)76-62(60)77-59-57(73-41-49-31-19-9-20-32-49)55(71-39-47-27-15-7-16-28-47)52(75-61(59)68-4)43-69-38-46-25-13-6-14-26-46/h5-34,52-53,55-62H,35-44H2,1-4H3/t52-,53-,55-,56-,57+,58+,59-,60-,61-,62+/m1/s1. The molecular weight excluding hydrogens is 993 g/mol. The van der Waals surface area contributed by atoms with Crippen LogP contribution in [0.25, 0.3) is 0 Å². The topological polar surface area (TPSA) is 153 Å². The molecule has 2 aliphatic rings. The highest BCUT2D eigenvalue weighted by molar-refractivity contribution is 5.84. The molecule has 412 valence electrons. The Kier molecular flexibility index (Phi) is 21.8. The molecule has 0 unspecified atom stereocenters. The van der Waals surface area contributed by atoms with E-state index in [1.165, 1.54) is 7.11 Å². The number of benzene rings is 6. The van der Waals surface area contributed by atoms with Crippen molar-refractivity contribution in [3.8, 4) is 0 Å². The number of carbonyl (C=O) groups excluding carboxylic acids is 3. The van der Waals surface area contributed by atoms with Gasteiger partial charge < -0.3 is 52.1 Å². The molecule has 2 aliphatic heterocycles. The van der Waals surface area contributed by atoms with Crippen molar-refractivity contribution in [2.45, 2.75) is 134 Å². The number of hydrogen-bond donors (Lipinski definition) is 0. The largest absolute Gasteiger partial charge is 0.463 e. The van der Waals surface area contributed by atoms with E-state index in [0.717, 1.165) is 33.4 Å². The van der Waals surface area contributed by atoms with E-state index in [9.17, 15) is 14.4 Å². The molecule has 0 spiro atoms. The summed E-state index contributed by atoms with van der Waals surface area (Å²) in [4.78, 5) is 41.1. The summed E-state index contributed by atoms with van der Waals surface area (Å²) in [5, 5.41) is 0. The number of ether oxygens (including phenoxy) is 11. The maximum Gasteiger partial charge on any atom is 0.311 e. The van der Waals surface area contributed by atoms with E-state index in [2.05, 4.69) is 0 Å². The van der Waals surface area contributed by atoms with Crippen molar-refractivity contribution < 1.29 is 66.5 Å². The Morgan fingerprint density at radius 1 is 0.436 bits per heavy atom. The van der Waals surface area contributed by atoms with Crippen molar-refractivity contribution in [2.24, 2.45) is 5.41 Å². The Balaban J connectivity index is 1.16. The summed E-state index contributed by atoms with van der Waals surface area (Å²) in [7, 11) is 1.51. The number of rotatable bonds is 27. The summed E-state index contributed by atoms with van der Waals surface area (Å²) in [6.07, 6.45) is -10.8. The van der Waals surface area contributed by atoms with E-state index >= 15 is 0 Å². The first-order valence-corrected chi connectivity index (χ1v) is 26.7. The summed E-state index contributed by atoms with van der Waals surface area (Å²) in [6, 6.07) is 57.8. The van der Waals surface area contributed by atoms with Crippen LogP contribution in [0, 0.1) is 5.41 Å². The summed E-state index contributed by atoms with van der Waals surface area (Å²) < 4.78 is 73.6. The molecule has 2 saturated heterocycles. The van der Waals surface area contributed by atoms with Crippen LogP contribution in [-0.2, 0) is 106 Å². The van der Waals surface area contributed by atoms with E-state index in [4.69, 9.17) is 52.1 Å². The van der Waals surface area contributed by atoms with Gasteiger partial charge >= 0.3 is 11.9 Å². The summed E-state index contributed by atoms with van der Waals surface area (Å²) in [6.45, 7) is 5.81. The fourth-order valence-corrected chi connectivity index (χ4v) is 9.17. The van der Waals surface area contributed by atoms with Gasteiger partial charge in [0.1, 0.15) is 55.1 Å². The maximum absolute atomic E-state index is 14.3. The number of Topliss-reactive ketones (excluding diaryl/α,β-unsaturated/α-hetero) is 1. The summed E-state index contributed by atoms with van der Waals surface area (Å²) >= 11 is 0. The van der Waals surface area contributed by atoms with E-state index in [-0.39, 0.29) is 64.7 Å². The van der Waals surface area contributed by atoms with Crippen LogP contribution in [0.1, 0.15) is 67.0 Å². The number of esters is 2. The maximum atomic E-state index is 14.3. The van der Waals surface area contributed by atoms with Crippen molar-refractivity contribution in [3.63, 3.8) is 0 Å². The Hall–Kier alpha value is -6.43. The van der Waals surface area contributed by atoms with Crippen molar-refractivity contribution in [1.29, 1.82) is 0 Å². The SMILES string of the molecule is CO[C@@H]1O[C@H](COCc2ccccc2)[C@@H](OCc2ccccc2)[C@H](OCc2ccccc2)[C@H]1O[C@@H]1O[C@H](COC(=O)CCC(=O)Cc2ccccc2)[C@@H](OCc2ccccc2)[C@H](OCc2ccccc2)[C@H]1OC(=O)C(C)(C)C. The van der Waals surface area contributed by atoms with Crippen LogP contribution in [0.5, 0.6) is 0 Å². The van der Waals surface area contributed by atoms with Gasteiger partial charge in [0.05, 0.1) is 51.5 Å². The molecule has 0 radical (unpaired) electrons. The van der Waals surface area contributed by atoms with Gasteiger partial charge in [-0.25, -0.2) is 0 Å². The van der Waals surface area contributed by atoms with Gasteiger partial charge in [0.2, 0.25) is 0 Å². The normalized spacial score (nSPS) is 23.3. The lowest BCUT2D eigenvalue weighted by Crippen LogP contribution is -2.66. The van der Waals surface area contributed by atoms with Gasteiger partial charge in [0.25, 0.3) is 0 Å². The van der Waals surface area contributed by atoms with Gasteiger partial charge in [-0.2, -0.15) is 0 Å². The molecule has 14 nitrogen and oxygen atoms in total. The molecule has 8 rings (SSSR count). The highest BCUT2D eigenvalue weighted by Gasteiger charge is 2.56. The second kappa shape index (κ2) is 29.5. The molecular formula is C64H72O14. The van der Waals surface area contributed by atoms with Crippen molar-refractivity contribution >= 4 is 17.7 Å². The van der Waals surface area contributed by atoms with E-state index < -0.39 is 78.8 Å². The molecule has 6 aromatic carbocycles. The van der Waals surface area contributed by atoms with Crippen LogP contribution in [0.3, 0.4) is 0 Å². The molecule has 0 aliphatic carbocycles. The predicted octanol–water partition coefficient (Wildman–Crippen LogP) is 10.1. The minimum Gasteiger partial charge on any atom is -0.463 e. The lowest BCUT2D eigenvalue weighted by Gasteiger charge is -2.50. The molecule has 0 bridgehead atoms. The molecule has 0 amide bonds. The molecule has 2 fully saturated rings. The average Bonchev–Trinajstić information content (AvgIpc) is 3.65. The second-order valence-electron chi connectivity index (χ2n) is 20.5. The number of carbonyl (C=O) groups is 3.